The van der Waals surface area contributed by atoms with Gasteiger partial charge in [-0.3, -0.25) is 23.9 Å². The SMILES string of the molecule is Cc1c(C(C)N2C(=O)c3ccccc3C2=O)c(=O)n(-c2ccc(C(F)(F)F)cc2)c2ccccc12. The summed E-state index contributed by atoms with van der Waals surface area (Å²) in [4.78, 5) is 41.1. The largest absolute Gasteiger partial charge is 0.416 e. The minimum absolute atomic E-state index is 0.220. The molecule has 5 rings (SSSR count). The van der Waals surface area contributed by atoms with Gasteiger partial charge in [-0.15, -0.1) is 0 Å². The molecule has 0 saturated carbocycles. The van der Waals surface area contributed by atoms with Crippen molar-refractivity contribution in [3.8, 4) is 5.69 Å². The topological polar surface area (TPSA) is 59.4 Å². The van der Waals surface area contributed by atoms with Crippen LogP contribution in [0.15, 0.2) is 77.6 Å². The van der Waals surface area contributed by atoms with Crippen molar-refractivity contribution in [1.82, 2.24) is 9.47 Å². The molecule has 1 aromatic heterocycles. The number of nitrogens with zero attached hydrogens (tertiary/aromatic N) is 2. The first-order valence-electron chi connectivity index (χ1n) is 10.9. The van der Waals surface area contributed by atoms with E-state index in [1.807, 2.05) is 0 Å². The van der Waals surface area contributed by atoms with Crippen LogP contribution in [0.25, 0.3) is 16.6 Å². The van der Waals surface area contributed by atoms with Crippen molar-refractivity contribution < 1.29 is 22.8 Å². The number of benzene rings is 3. The molecule has 1 aliphatic rings. The van der Waals surface area contributed by atoms with Crippen LogP contribution in [0.1, 0.15) is 50.4 Å². The standard InChI is InChI=1S/C27H19F3N2O3/c1-15-19-7-5-6-10-22(19)32(18-13-11-17(12-14-18)27(28,29)30)26(35)23(15)16(2)31-24(33)20-8-3-4-9-21(20)25(31)34/h3-14,16H,1-2H3. The van der Waals surface area contributed by atoms with Gasteiger partial charge in [-0.2, -0.15) is 13.2 Å². The maximum absolute atomic E-state index is 13.9. The summed E-state index contributed by atoms with van der Waals surface area (Å²) in [6.45, 7) is 3.35. The number of aromatic nitrogens is 1. The van der Waals surface area contributed by atoms with Gasteiger partial charge in [-0.05, 0) is 61.9 Å². The summed E-state index contributed by atoms with van der Waals surface area (Å²) < 4.78 is 40.6. The molecule has 0 N–H and O–H groups in total. The second-order valence-electron chi connectivity index (χ2n) is 8.44. The third-order valence-electron chi connectivity index (χ3n) is 6.47. The monoisotopic (exact) mass is 476 g/mol. The highest BCUT2D eigenvalue weighted by atomic mass is 19.4. The molecule has 0 fully saturated rings. The molecule has 1 aliphatic heterocycles. The number of rotatable bonds is 3. The zero-order valence-corrected chi connectivity index (χ0v) is 18.8. The van der Waals surface area contributed by atoms with Crippen molar-refractivity contribution in [2.45, 2.75) is 26.1 Å². The first kappa shape index (κ1) is 22.6. The normalized spacial score (nSPS) is 14.5. The highest BCUT2D eigenvalue weighted by Crippen LogP contribution is 2.34. The average molecular weight is 476 g/mol. The van der Waals surface area contributed by atoms with Gasteiger partial charge < -0.3 is 0 Å². The van der Waals surface area contributed by atoms with E-state index in [1.165, 1.54) is 16.7 Å². The van der Waals surface area contributed by atoms with Crippen molar-refractivity contribution in [3.05, 3.63) is 111 Å². The summed E-state index contributed by atoms with van der Waals surface area (Å²) in [5.74, 6) is -0.989. The molecular formula is C27H19F3N2O3. The van der Waals surface area contributed by atoms with Crippen molar-refractivity contribution in [3.63, 3.8) is 0 Å². The van der Waals surface area contributed by atoms with Gasteiger partial charge in [0.25, 0.3) is 17.4 Å². The smallest absolute Gasteiger partial charge is 0.277 e. The number of pyridine rings is 1. The van der Waals surface area contributed by atoms with E-state index >= 15 is 0 Å². The molecular weight excluding hydrogens is 457 g/mol. The average Bonchev–Trinajstić information content (AvgIpc) is 3.09. The second-order valence-corrected chi connectivity index (χ2v) is 8.44. The molecule has 1 unspecified atom stereocenters. The zero-order chi connectivity index (χ0) is 25.1. The number of amides is 2. The van der Waals surface area contributed by atoms with Crippen LogP contribution in [0.5, 0.6) is 0 Å². The third-order valence-corrected chi connectivity index (χ3v) is 6.47. The first-order valence-corrected chi connectivity index (χ1v) is 10.9. The van der Waals surface area contributed by atoms with E-state index in [4.69, 9.17) is 0 Å². The predicted molar refractivity (Wildman–Crippen MR) is 125 cm³/mol. The Morgan fingerprint density at radius 1 is 0.771 bits per heavy atom. The Balaban J connectivity index is 1.72. The molecule has 5 nitrogen and oxygen atoms in total. The summed E-state index contributed by atoms with van der Waals surface area (Å²) in [7, 11) is 0. The lowest BCUT2D eigenvalue weighted by atomic mass is 9.98. The van der Waals surface area contributed by atoms with E-state index in [0.717, 1.165) is 17.0 Å². The molecule has 8 heteroatoms. The van der Waals surface area contributed by atoms with Crippen LogP contribution in [0.2, 0.25) is 0 Å². The molecule has 2 heterocycles. The van der Waals surface area contributed by atoms with Crippen molar-refractivity contribution in [2.24, 2.45) is 0 Å². The third kappa shape index (κ3) is 3.44. The van der Waals surface area contributed by atoms with Gasteiger partial charge in [0.2, 0.25) is 0 Å². The number of imide groups is 1. The number of carbonyl (C=O) groups is 2. The van der Waals surface area contributed by atoms with Crippen LogP contribution >= 0.6 is 0 Å². The van der Waals surface area contributed by atoms with E-state index in [2.05, 4.69) is 0 Å². The summed E-state index contributed by atoms with van der Waals surface area (Å²) in [5.41, 5.74) is 0.770. The summed E-state index contributed by atoms with van der Waals surface area (Å²) in [5, 5.41) is 0.686. The van der Waals surface area contributed by atoms with Crippen LogP contribution < -0.4 is 5.56 Å². The molecule has 4 aromatic rings. The number of aryl methyl sites for hydroxylation is 1. The van der Waals surface area contributed by atoms with Crippen LogP contribution in [0, 0.1) is 6.92 Å². The Kier molecular flexibility index (Phi) is 5.12. The minimum Gasteiger partial charge on any atom is -0.277 e. The number of para-hydroxylation sites is 1. The molecule has 0 spiro atoms. The van der Waals surface area contributed by atoms with Crippen LogP contribution in [0.3, 0.4) is 0 Å². The van der Waals surface area contributed by atoms with E-state index in [0.29, 0.717) is 16.5 Å². The lowest BCUT2D eigenvalue weighted by molar-refractivity contribution is -0.137. The van der Waals surface area contributed by atoms with Crippen molar-refractivity contribution in [1.29, 1.82) is 0 Å². The van der Waals surface area contributed by atoms with Gasteiger partial charge in [0, 0.05) is 16.6 Å². The molecule has 0 radical (unpaired) electrons. The number of hydrogen-bond acceptors (Lipinski definition) is 3. The maximum atomic E-state index is 13.9. The number of alkyl halides is 3. The Labute approximate surface area is 198 Å². The number of hydrogen-bond donors (Lipinski definition) is 0. The first-order chi connectivity index (χ1) is 16.6. The lowest BCUT2D eigenvalue weighted by Crippen LogP contribution is -2.37. The quantitative estimate of drug-likeness (QED) is 0.358. The molecule has 0 aliphatic carbocycles. The van der Waals surface area contributed by atoms with E-state index < -0.39 is 35.2 Å². The summed E-state index contributed by atoms with van der Waals surface area (Å²) in [6, 6.07) is 16.9. The summed E-state index contributed by atoms with van der Waals surface area (Å²) >= 11 is 0. The van der Waals surface area contributed by atoms with Crippen LogP contribution in [-0.4, -0.2) is 21.3 Å². The zero-order valence-electron chi connectivity index (χ0n) is 18.8. The molecule has 3 aromatic carbocycles. The molecule has 2 amide bonds. The number of halogens is 3. The van der Waals surface area contributed by atoms with E-state index in [1.54, 1.807) is 62.4 Å². The number of fused-ring (bicyclic) bond motifs is 2. The molecule has 0 bridgehead atoms. The van der Waals surface area contributed by atoms with Gasteiger partial charge in [-0.1, -0.05) is 30.3 Å². The fourth-order valence-corrected chi connectivity index (χ4v) is 4.76. The highest BCUT2D eigenvalue weighted by Gasteiger charge is 2.40. The van der Waals surface area contributed by atoms with Crippen molar-refractivity contribution in [2.75, 3.05) is 0 Å². The predicted octanol–water partition coefficient (Wildman–Crippen LogP) is 5.68. The molecule has 0 saturated heterocycles. The van der Waals surface area contributed by atoms with Gasteiger partial charge in [0.05, 0.1) is 28.2 Å². The van der Waals surface area contributed by atoms with Crippen LogP contribution in [-0.2, 0) is 6.18 Å². The van der Waals surface area contributed by atoms with Gasteiger partial charge in [0.1, 0.15) is 0 Å². The lowest BCUT2D eigenvalue weighted by Gasteiger charge is -2.26. The number of carbonyl (C=O) groups excluding carboxylic acids is 2. The van der Waals surface area contributed by atoms with E-state index in [9.17, 15) is 27.6 Å². The van der Waals surface area contributed by atoms with Gasteiger partial charge in [-0.25, -0.2) is 0 Å². The Hall–Kier alpha value is -4.20. The fourth-order valence-electron chi connectivity index (χ4n) is 4.76. The second kappa shape index (κ2) is 7.94. The Morgan fingerprint density at radius 2 is 1.31 bits per heavy atom. The molecule has 176 valence electrons. The van der Waals surface area contributed by atoms with Gasteiger partial charge in [0.15, 0.2) is 0 Å². The Morgan fingerprint density at radius 3 is 1.89 bits per heavy atom. The highest BCUT2D eigenvalue weighted by molar-refractivity contribution is 6.21. The van der Waals surface area contributed by atoms with Gasteiger partial charge >= 0.3 is 6.18 Å². The molecule has 1 atom stereocenters. The fraction of sp³-hybridized carbons (Fsp3) is 0.148. The maximum Gasteiger partial charge on any atom is 0.416 e. The van der Waals surface area contributed by atoms with Crippen molar-refractivity contribution >= 4 is 22.7 Å². The Bertz CT molecular complexity index is 1530. The molecule has 35 heavy (non-hydrogen) atoms. The van der Waals surface area contributed by atoms with Crippen LogP contribution in [0.4, 0.5) is 13.2 Å². The van der Waals surface area contributed by atoms with E-state index in [-0.39, 0.29) is 22.4 Å². The minimum atomic E-state index is -4.51. The summed E-state index contributed by atoms with van der Waals surface area (Å²) in [6.07, 6.45) is -4.51.